The molecular weight excluding hydrogens is 280 g/mol. The molecule has 0 aliphatic carbocycles. The second-order valence-corrected chi connectivity index (χ2v) is 7.12. The van der Waals surface area contributed by atoms with Crippen LogP contribution in [0.5, 0.6) is 0 Å². The number of rotatable bonds is 4. The minimum Gasteiger partial charge on any atom is -0.125 e. The lowest BCUT2D eigenvalue weighted by Crippen LogP contribution is -2.09. The van der Waals surface area contributed by atoms with E-state index in [0.717, 1.165) is 11.8 Å². The van der Waals surface area contributed by atoms with E-state index >= 15 is 0 Å². The Morgan fingerprint density at radius 3 is 2.88 bits per heavy atom. The van der Waals surface area contributed by atoms with Gasteiger partial charge in [-0.1, -0.05) is 48.0 Å². The van der Waals surface area contributed by atoms with Crippen LogP contribution < -0.4 is 0 Å². The molecule has 16 heavy (non-hydrogen) atoms. The second kappa shape index (κ2) is 5.59. The minimum atomic E-state index is 0.672. The third-order valence-corrected chi connectivity index (χ3v) is 6.08. The van der Waals surface area contributed by atoms with Crippen molar-refractivity contribution in [1.82, 2.24) is 0 Å². The molecule has 88 valence electrons. The number of halogens is 1. The molecule has 1 aromatic rings. The number of benzene rings is 1. The molecule has 1 aromatic carbocycles. The maximum Gasteiger partial charge on any atom is 0.0169 e. The average Bonchev–Trinajstić information content (AvgIpc) is 2.69. The van der Waals surface area contributed by atoms with Crippen molar-refractivity contribution in [2.45, 2.75) is 42.3 Å². The van der Waals surface area contributed by atoms with Gasteiger partial charge in [-0.3, -0.25) is 0 Å². The number of alkyl halides is 1. The maximum absolute atomic E-state index is 3.78. The van der Waals surface area contributed by atoms with Crippen molar-refractivity contribution in [3.05, 3.63) is 29.8 Å². The Bertz CT molecular complexity index is 348. The van der Waals surface area contributed by atoms with E-state index in [-0.39, 0.29) is 0 Å². The lowest BCUT2D eigenvalue weighted by atomic mass is 9.94. The van der Waals surface area contributed by atoms with Gasteiger partial charge in [0.15, 0.2) is 0 Å². The summed E-state index contributed by atoms with van der Waals surface area (Å²) in [5.41, 5.74) is 1.58. The van der Waals surface area contributed by atoms with Crippen molar-refractivity contribution < 1.29 is 0 Å². The van der Waals surface area contributed by atoms with Crippen molar-refractivity contribution in [2.24, 2.45) is 5.92 Å². The van der Waals surface area contributed by atoms with Gasteiger partial charge in [0.05, 0.1) is 0 Å². The van der Waals surface area contributed by atoms with Gasteiger partial charge in [0.25, 0.3) is 0 Å². The summed E-state index contributed by atoms with van der Waals surface area (Å²) in [6.45, 7) is 4.58. The van der Waals surface area contributed by atoms with Crippen molar-refractivity contribution in [3.63, 3.8) is 0 Å². The molecule has 0 saturated carbocycles. The Kier molecular flexibility index (Phi) is 4.37. The Balaban J connectivity index is 1.93. The maximum atomic E-state index is 3.78. The predicted octanol–water partition coefficient (Wildman–Crippen LogP) is 5.08. The summed E-state index contributed by atoms with van der Waals surface area (Å²) >= 11 is 5.80. The summed E-state index contributed by atoms with van der Waals surface area (Å²) in [4.78, 5) is 2.17. The monoisotopic (exact) mass is 298 g/mol. The van der Waals surface area contributed by atoms with Crippen LogP contribution in [0.4, 0.5) is 0 Å². The van der Waals surface area contributed by atoms with E-state index < -0.39 is 0 Å². The van der Waals surface area contributed by atoms with E-state index in [1.165, 1.54) is 23.5 Å². The molecule has 0 amide bonds. The van der Waals surface area contributed by atoms with Gasteiger partial charge in [-0.2, -0.15) is 0 Å². The molecule has 2 atom stereocenters. The number of fused-ring (bicyclic) bond motifs is 1. The van der Waals surface area contributed by atoms with Crippen LogP contribution in [-0.4, -0.2) is 10.6 Å². The van der Waals surface area contributed by atoms with Gasteiger partial charge in [0, 0.05) is 15.5 Å². The van der Waals surface area contributed by atoms with Crippen molar-refractivity contribution in [3.8, 4) is 0 Å². The first-order valence-corrected chi connectivity index (χ1v) is 7.94. The first-order valence-electron chi connectivity index (χ1n) is 6.04. The molecule has 0 bridgehead atoms. The van der Waals surface area contributed by atoms with Crippen LogP contribution in [0.15, 0.2) is 29.2 Å². The van der Waals surface area contributed by atoms with Crippen molar-refractivity contribution in [1.29, 1.82) is 0 Å². The fourth-order valence-electron chi connectivity index (χ4n) is 2.16. The number of thioether (sulfide) groups is 1. The highest BCUT2D eigenvalue weighted by Crippen LogP contribution is 2.42. The van der Waals surface area contributed by atoms with Gasteiger partial charge in [0.2, 0.25) is 0 Å². The highest BCUT2D eigenvalue weighted by molar-refractivity contribution is 9.09. The molecule has 0 aromatic heterocycles. The summed E-state index contributed by atoms with van der Waals surface area (Å²) in [6, 6.07) is 8.88. The number of hydrogen-bond donors (Lipinski definition) is 0. The molecule has 0 radical (unpaired) electrons. The van der Waals surface area contributed by atoms with Crippen LogP contribution in [-0.2, 0) is 0 Å². The Labute approximate surface area is 111 Å². The molecular formula is C14H19BrS. The van der Waals surface area contributed by atoms with Crippen molar-refractivity contribution >= 4 is 27.7 Å². The van der Waals surface area contributed by atoms with E-state index in [1.807, 2.05) is 11.8 Å². The topological polar surface area (TPSA) is 0 Å². The summed E-state index contributed by atoms with van der Waals surface area (Å²) in [5, 5.41) is 0. The third kappa shape index (κ3) is 2.84. The first-order chi connectivity index (χ1) is 7.68. The zero-order chi connectivity index (χ0) is 11.5. The van der Waals surface area contributed by atoms with E-state index in [9.17, 15) is 0 Å². The summed E-state index contributed by atoms with van der Waals surface area (Å²) < 4.78 is 0. The molecule has 2 unspecified atom stereocenters. The molecule has 0 N–H and O–H groups in total. The predicted molar refractivity (Wildman–Crippen MR) is 76.7 cm³/mol. The van der Waals surface area contributed by atoms with Gasteiger partial charge >= 0.3 is 0 Å². The highest BCUT2D eigenvalue weighted by atomic mass is 79.9. The van der Waals surface area contributed by atoms with Crippen molar-refractivity contribution in [2.75, 3.05) is 5.75 Å². The molecule has 2 rings (SSSR count). The fraction of sp³-hybridized carbons (Fsp3) is 0.571. The van der Waals surface area contributed by atoms with Crippen LogP contribution in [0, 0.1) is 5.92 Å². The molecule has 0 saturated heterocycles. The SMILES string of the molecule is CC(C)C(Br)CCC1CSc2ccccc21. The van der Waals surface area contributed by atoms with Crippen LogP contribution in [0.2, 0.25) is 0 Å². The average molecular weight is 299 g/mol. The summed E-state index contributed by atoms with van der Waals surface area (Å²) in [6.07, 6.45) is 2.61. The van der Waals surface area contributed by atoms with E-state index in [1.54, 1.807) is 5.56 Å². The largest absolute Gasteiger partial charge is 0.125 e. The van der Waals surface area contributed by atoms with Gasteiger partial charge in [0.1, 0.15) is 0 Å². The molecule has 1 heterocycles. The van der Waals surface area contributed by atoms with E-state index in [4.69, 9.17) is 0 Å². The third-order valence-electron chi connectivity index (χ3n) is 3.31. The van der Waals surface area contributed by atoms with E-state index in [2.05, 4.69) is 54.0 Å². The highest BCUT2D eigenvalue weighted by Gasteiger charge is 2.23. The standard InChI is InChI=1S/C14H19BrS/c1-10(2)13(15)8-7-11-9-16-14-6-4-3-5-12(11)14/h3-6,10-11,13H,7-9H2,1-2H3. The van der Waals surface area contributed by atoms with Crippen LogP contribution in [0.3, 0.4) is 0 Å². The molecule has 0 fully saturated rings. The van der Waals surface area contributed by atoms with Crippen LogP contribution in [0.1, 0.15) is 38.2 Å². The molecule has 0 nitrogen and oxygen atoms in total. The summed E-state index contributed by atoms with van der Waals surface area (Å²) in [5.74, 6) is 2.79. The molecule has 1 aliphatic rings. The molecule has 0 spiro atoms. The van der Waals surface area contributed by atoms with E-state index in [0.29, 0.717) is 4.83 Å². The van der Waals surface area contributed by atoms with Gasteiger partial charge < -0.3 is 0 Å². The smallest absolute Gasteiger partial charge is 0.0169 e. The minimum absolute atomic E-state index is 0.672. The second-order valence-electron chi connectivity index (χ2n) is 4.88. The molecule has 2 heteroatoms. The first kappa shape index (κ1) is 12.5. The Morgan fingerprint density at radius 1 is 1.38 bits per heavy atom. The quantitative estimate of drug-likeness (QED) is 0.699. The summed E-state index contributed by atoms with van der Waals surface area (Å²) in [7, 11) is 0. The fourth-order valence-corrected chi connectivity index (χ4v) is 3.73. The lowest BCUT2D eigenvalue weighted by molar-refractivity contribution is 0.537. The van der Waals surface area contributed by atoms with Gasteiger partial charge in [-0.15, -0.1) is 11.8 Å². The molecule has 1 aliphatic heterocycles. The van der Waals surface area contributed by atoms with Gasteiger partial charge in [-0.25, -0.2) is 0 Å². The zero-order valence-electron chi connectivity index (χ0n) is 9.95. The van der Waals surface area contributed by atoms with Gasteiger partial charge in [-0.05, 0) is 36.3 Å². The van der Waals surface area contributed by atoms with Crippen LogP contribution in [0.25, 0.3) is 0 Å². The lowest BCUT2D eigenvalue weighted by Gasteiger charge is -2.16. The normalized spacial score (nSPS) is 21.1. The van der Waals surface area contributed by atoms with Crippen LogP contribution >= 0.6 is 27.7 Å². The number of hydrogen-bond acceptors (Lipinski definition) is 1. The zero-order valence-corrected chi connectivity index (χ0v) is 12.4. The Hall–Kier alpha value is 0.0500. The Morgan fingerprint density at radius 2 is 2.12 bits per heavy atom.